The number of nitrogens with one attached hydrogen (secondary N) is 2. The Morgan fingerprint density at radius 2 is 1.84 bits per heavy atom. The van der Waals surface area contributed by atoms with Crippen molar-refractivity contribution in [3.8, 4) is 0 Å². The van der Waals surface area contributed by atoms with Crippen molar-refractivity contribution in [2.45, 2.75) is 32.9 Å². The maximum absolute atomic E-state index is 11.5. The fourth-order valence-electron chi connectivity index (χ4n) is 2.34. The first-order valence-corrected chi connectivity index (χ1v) is 10.6. The number of benzene rings is 1. The highest BCUT2D eigenvalue weighted by Crippen LogP contribution is 2.07. The summed E-state index contributed by atoms with van der Waals surface area (Å²) in [6, 6.07) is 10.8. The quantitative estimate of drug-likeness (QED) is 0.484. The predicted molar refractivity (Wildman–Crippen MR) is 106 cm³/mol. The number of sulfone groups is 1. The highest BCUT2D eigenvalue weighted by Gasteiger charge is 2.10. The van der Waals surface area contributed by atoms with Crippen molar-refractivity contribution >= 4 is 15.8 Å². The Morgan fingerprint density at radius 3 is 2.44 bits per heavy atom. The molecule has 7 heteroatoms. The first-order valence-electron chi connectivity index (χ1n) is 8.77. The molecule has 0 aliphatic heterocycles. The topological polar surface area (TPSA) is 73.8 Å². The number of nitrogens with zero attached hydrogens (tertiary/aromatic N) is 2. The van der Waals surface area contributed by atoms with Crippen molar-refractivity contribution in [3.63, 3.8) is 0 Å². The second-order valence-corrected chi connectivity index (χ2v) is 8.67. The minimum atomic E-state index is -2.95. The second-order valence-electron chi connectivity index (χ2n) is 6.20. The summed E-state index contributed by atoms with van der Waals surface area (Å²) in [5.41, 5.74) is 1.31. The van der Waals surface area contributed by atoms with Crippen LogP contribution in [0.2, 0.25) is 0 Å². The summed E-state index contributed by atoms with van der Waals surface area (Å²) in [6.45, 7) is 5.94. The molecular weight excluding hydrogens is 336 g/mol. The average molecular weight is 369 g/mol. The molecule has 1 rings (SSSR count). The van der Waals surface area contributed by atoms with Crippen LogP contribution in [0.15, 0.2) is 35.3 Å². The fourth-order valence-corrected chi connectivity index (χ4v) is 3.04. The van der Waals surface area contributed by atoms with Gasteiger partial charge in [0.15, 0.2) is 15.8 Å². The molecule has 0 heterocycles. The zero-order valence-corrected chi connectivity index (χ0v) is 16.6. The summed E-state index contributed by atoms with van der Waals surface area (Å²) in [4.78, 5) is 6.45. The van der Waals surface area contributed by atoms with Crippen LogP contribution in [-0.4, -0.2) is 64.0 Å². The highest BCUT2D eigenvalue weighted by atomic mass is 32.2. The van der Waals surface area contributed by atoms with Gasteiger partial charge in [-0.25, -0.2) is 8.42 Å². The molecule has 6 nitrogen and oxygen atoms in total. The van der Waals surface area contributed by atoms with E-state index >= 15 is 0 Å². The van der Waals surface area contributed by atoms with Crippen molar-refractivity contribution in [1.82, 2.24) is 15.5 Å². The zero-order chi connectivity index (χ0) is 18.7. The van der Waals surface area contributed by atoms with Crippen LogP contribution in [0.5, 0.6) is 0 Å². The molecule has 0 radical (unpaired) electrons. The van der Waals surface area contributed by atoms with E-state index in [0.717, 1.165) is 19.5 Å². The molecule has 0 saturated carbocycles. The number of hydrogen-bond acceptors (Lipinski definition) is 4. The highest BCUT2D eigenvalue weighted by molar-refractivity contribution is 7.91. The smallest absolute Gasteiger partial charge is 0.191 e. The Bertz CT molecular complexity index is 617. The van der Waals surface area contributed by atoms with Gasteiger partial charge in [0.05, 0.1) is 5.75 Å². The summed E-state index contributed by atoms with van der Waals surface area (Å²) >= 11 is 0. The van der Waals surface area contributed by atoms with Crippen molar-refractivity contribution in [1.29, 1.82) is 0 Å². The van der Waals surface area contributed by atoms with Crippen LogP contribution in [0.3, 0.4) is 0 Å². The van der Waals surface area contributed by atoms with Gasteiger partial charge in [0.2, 0.25) is 0 Å². The number of rotatable bonds is 10. The lowest BCUT2D eigenvalue weighted by atomic mass is 10.1. The van der Waals surface area contributed by atoms with Crippen molar-refractivity contribution in [2.24, 2.45) is 4.99 Å². The van der Waals surface area contributed by atoms with E-state index in [4.69, 9.17) is 0 Å². The normalized spacial score (nSPS) is 13.7. The van der Waals surface area contributed by atoms with Gasteiger partial charge in [-0.05, 0) is 26.0 Å². The molecule has 0 bridgehead atoms. The molecule has 1 unspecified atom stereocenters. The molecule has 1 aromatic rings. The van der Waals surface area contributed by atoms with Gasteiger partial charge >= 0.3 is 0 Å². The van der Waals surface area contributed by atoms with Gasteiger partial charge in [-0.2, -0.15) is 0 Å². The Balaban J connectivity index is 2.29. The minimum absolute atomic E-state index is 0.125. The first-order chi connectivity index (χ1) is 11.9. The maximum atomic E-state index is 11.5. The van der Waals surface area contributed by atoms with Crippen LogP contribution in [0, 0.1) is 0 Å². The van der Waals surface area contributed by atoms with E-state index < -0.39 is 9.84 Å². The Kier molecular flexibility index (Phi) is 9.52. The summed E-state index contributed by atoms with van der Waals surface area (Å²) in [6.07, 6.45) is 0.970. The maximum Gasteiger partial charge on any atom is 0.191 e. The zero-order valence-electron chi connectivity index (χ0n) is 15.8. The number of hydrogen-bond donors (Lipinski definition) is 2. The van der Waals surface area contributed by atoms with Crippen LogP contribution >= 0.6 is 0 Å². The van der Waals surface area contributed by atoms with Crippen LogP contribution in [0.4, 0.5) is 0 Å². The Hall–Kier alpha value is -1.60. The summed E-state index contributed by atoms with van der Waals surface area (Å²) in [5, 5.41) is 6.29. The van der Waals surface area contributed by atoms with Gasteiger partial charge in [0.1, 0.15) is 0 Å². The van der Waals surface area contributed by atoms with Gasteiger partial charge in [0.25, 0.3) is 0 Å². The van der Waals surface area contributed by atoms with Crippen LogP contribution in [-0.2, 0) is 16.4 Å². The van der Waals surface area contributed by atoms with Gasteiger partial charge in [-0.1, -0.05) is 37.3 Å². The van der Waals surface area contributed by atoms with E-state index in [1.54, 1.807) is 14.0 Å². The molecule has 142 valence electrons. The molecule has 0 aliphatic rings. The molecule has 0 aromatic heterocycles. The summed E-state index contributed by atoms with van der Waals surface area (Å²) in [7, 11) is 0.864. The fraction of sp³-hybridized carbons (Fsp3) is 0.611. The van der Waals surface area contributed by atoms with Crippen LogP contribution in [0.1, 0.15) is 25.8 Å². The molecule has 2 N–H and O–H groups in total. The van der Waals surface area contributed by atoms with Gasteiger partial charge < -0.3 is 10.6 Å². The first kappa shape index (κ1) is 21.4. The molecule has 0 fully saturated rings. The lowest BCUT2D eigenvalue weighted by molar-refractivity contribution is 0.238. The minimum Gasteiger partial charge on any atom is -0.356 e. The monoisotopic (exact) mass is 368 g/mol. The molecular formula is C18H32N4O2S. The lowest BCUT2D eigenvalue weighted by Crippen LogP contribution is -2.41. The number of aliphatic imine (C=N–C) groups is 1. The van der Waals surface area contributed by atoms with E-state index in [1.165, 1.54) is 5.56 Å². The molecule has 1 aromatic carbocycles. The second kappa shape index (κ2) is 11.1. The van der Waals surface area contributed by atoms with Crippen LogP contribution in [0.25, 0.3) is 0 Å². The SMILES string of the molecule is CCS(=O)(=O)CCNC(=NC)NCCC(C)N(C)Cc1ccccc1. The molecule has 0 spiro atoms. The Labute approximate surface area is 152 Å². The van der Waals surface area contributed by atoms with Gasteiger partial charge in [-0.3, -0.25) is 9.89 Å². The van der Waals surface area contributed by atoms with Crippen molar-refractivity contribution in [2.75, 3.05) is 38.7 Å². The Morgan fingerprint density at radius 1 is 1.20 bits per heavy atom. The van der Waals surface area contributed by atoms with E-state index in [-0.39, 0.29) is 11.5 Å². The number of guanidine groups is 1. The van der Waals surface area contributed by atoms with Crippen molar-refractivity contribution in [3.05, 3.63) is 35.9 Å². The third-order valence-corrected chi connectivity index (χ3v) is 5.96. The standard InChI is InChI=1S/C18H32N4O2S/c1-5-25(23,24)14-13-21-18(19-3)20-12-11-16(2)22(4)15-17-9-7-6-8-10-17/h6-10,16H,5,11-15H2,1-4H3,(H2,19,20,21). The van der Waals surface area contributed by atoms with Crippen LogP contribution < -0.4 is 10.6 Å². The molecule has 0 saturated heterocycles. The van der Waals surface area contributed by atoms with Gasteiger partial charge in [0, 0.05) is 38.5 Å². The predicted octanol–water partition coefficient (Wildman–Crippen LogP) is 1.50. The molecule has 0 amide bonds. The van der Waals surface area contributed by atoms with Crippen molar-refractivity contribution < 1.29 is 8.42 Å². The van der Waals surface area contributed by atoms with E-state index in [1.807, 2.05) is 6.07 Å². The molecule has 25 heavy (non-hydrogen) atoms. The lowest BCUT2D eigenvalue weighted by Gasteiger charge is -2.25. The summed E-state index contributed by atoms with van der Waals surface area (Å²) in [5.74, 6) is 0.941. The van der Waals surface area contributed by atoms with Gasteiger partial charge in [-0.15, -0.1) is 0 Å². The van der Waals surface area contributed by atoms with E-state index in [9.17, 15) is 8.42 Å². The average Bonchev–Trinajstić information content (AvgIpc) is 2.61. The third kappa shape index (κ3) is 8.88. The molecule has 0 aliphatic carbocycles. The van der Waals surface area contributed by atoms with E-state index in [2.05, 4.69) is 58.8 Å². The largest absolute Gasteiger partial charge is 0.356 e. The summed E-state index contributed by atoms with van der Waals surface area (Å²) < 4.78 is 23.0. The third-order valence-electron chi connectivity index (χ3n) is 4.25. The molecule has 1 atom stereocenters. The van der Waals surface area contributed by atoms with E-state index in [0.29, 0.717) is 18.5 Å².